The first-order valence-electron chi connectivity index (χ1n) is 11.6. The molecule has 1 saturated heterocycles. The number of benzene rings is 1. The van der Waals surface area contributed by atoms with Crippen molar-refractivity contribution in [3.63, 3.8) is 0 Å². The van der Waals surface area contributed by atoms with Crippen LogP contribution in [0.1, 0.15) is 65.4 Å². The standard InChI is InChI=1S/C24H38FN3O3/c1-5-12-27(13-6-2)24(30)9-7-8-23(29)26-15-20-10-11-22(21(25)14-20)28-16-18(3)31-19(4)17-28/h10-11,14,18-19H,5-9,12-13,15-17H2,1-4H3,(H,26,29). The van der Waals surface area contributed by atoms with Gasteiger partial charge in [-0.05, 0) is 50.8 Å². The van der Waals surface area contributed by atoms with E-state index in [0.29, 0.717) is 38.0 Å². The molecule has 6 nitrogen and oxygen atoms in total. The Morgan fingerprint density at radius 2 is 1.77 bits per heavy atom. The van der Waals surface area contributed by atoms with Gasteiger partial charge in [-0.1, -0.05) is 19.9 Å². The van der Waals surface area contributed by atoms with Gasteiger partial charge in [0, 0.05) is 45.6 Å². The van der Waals surface area contributed by atoms with Gasteiger partial charge in [0.1, 0.15) is 5.82 Å². The summed E-state index contributed by atoms with van der Waals surface area (Å²) >= 11 is 0. The number of halogens is 1. The maximum atomic E-state index is 14.7. The molecule has 2 amide bonds. The molecule has 31 heavy (non-hydrogen) atoms. The SMILES string of the molecule is CCCN(CCC)C(=O)CCCC(=O)NCc1ccc(N2CC(C)OC(C)C2)c(F)c1. The molecule has 1 aromatic rings. The summed E-state index contributed by atoms with van der Waals surface area (Å²) in [6.45, 7) is 11.2. The Labute approximate surface area is 186 Å². The van der Waals surface area contributed by atoms with Crippen molar-refractivity contribution in [1.82, 2.24) is 10.2 Å². The minimum absolute atomic E-state index is 0.0602. The third-order valence-corrected chi connectivity index (χ3v) is 5.40. The van der Waals surface area contributed by atoms with Gasteiger partial charge in [0.05, 0.1) is 17.9 Å². The summed E-state index contributed by atoms with van der Waals surface area (Å²) in [5.41, 5.74) is 1.29. The van der Waals surface area contributed by atoms with Crippen LogP contribution in [0.4, 0.5) is 10.1 Å². The van der Waals surface area contributed by atoms with E-state index >= 15 is 0 Å². The molecule has 1 aliphatic rings. The van der Waals surface area contributed by atoms with Crippen molar-refractivity contribution in [2.45, 2.75) is 78.6 Å². The maximum Gasteiger partial charge on any atom is 0.222 e. The molecule has 0 spiro atoms. The van der Waals surface area contributed by atoms with Crippen LogP contribution in [0, 0.1) is 5.82 Å². The second kappa shape index (κ2) is 12.6. The monoisotopic (exact) mass is 435 g/mol. The average molecular weight is 436 g/mol. The molecule has 1 aromatic carbocycles. The number of amides is 2. The quantitative estimate of drug-likeness (QED) is 0.573. The van der Waals surface area contributed by atoms with Crippen molar-refractivity contribution >= 4 is 17.5 Å². The zero-order valence-corrected chi connectivity index (χ0v) is 19.5. The van der Waals surface area contributed by atoms with Gasteiger partial charge >= 0.3 is 0 Å². The average Bonchev–Trinajstić information content (AvgIpc) is 2.71. The van der Waals surface area contributed by atoms with Crippen LogP contribution in [0.25, 0.3) is 0 Å². The maximum absolute atomic E-state index is 14.7. The van der Waals surface area contributed by atoms with Gasteiger partial charge in [-0.3, -0.25) is 9.59 Å². The highest BCUT2D eigenvalue weighted by Gasteiger charge is 2.24. The normalized spacial score (nSPS) is 18.7. The molecule has 2 rings (SSSR count). The minimum atomic E-state index is -0.286. The first kappa shape index (κ1) is 25.1. The molecular formula is C24H38FN3O3. The zero-order valence-electron chi connectivity index (χ0n) is 19.5. The zero-order chi connectivity index (χ0) is 22.8. The van der Waals surface area contributed by atoms with Gasteiger partial charge < -0.3 is 19.9 Å². The number of rotatable bonds is 11. The number of carbonyl (C=O) groups excluding carboxylic acids is 2. The highest BCUT2D eigenvalue weighted by Crippen LogP contribution is 2.24. The summed E-state index contributed by atoms with van der Waals surface area (Å²) in [6.07, 6.45) is 3.19. The summed E-state index contributed by atoms with van der Waals surface area (Å²) < 4.78 is 20.4. The van der Waals surface area contributed by atoms with E-state index in [4.69, 9.17) is 4.74 Å². The summed E-state index contributed by atoms with van der Waals surface area (Å²) in [5.74, 6) is -0.294. The van der Waals surface area contributed by atoms with Crippen LogP contribution in [0.2, 0.25) is 0 Å². The molecule has 0 radical (unpaired) electrons. The molecule has 1 N–H and O–H groups in total. The molecule has 1 heterocycles. The number of ether oxygens (including phenoxy) is 1. The number of anilines is 1. The second-order valence-corrected chi connectivity index (χ2v) is 8.46. The van der Waals surface area contributed by atoms with Gasteiger partial charge in [-0.15, -0.1) is 0 Å². The summed E-state index contributed by atoms with van der Waals surface area (Å²) in [6, 6.07) is 5.11. The van der Waals surface area contributed by atoms with Crippen LogP contribution >= 0.6 is 0 Å². The Bertz CT molecular complexity index is 712. The van der Waals surface area contributed by atoms with Gasteiger partial charge in [0.2, 0.25) is 11.8 Å². The van der Waals surface area contributed by atoms with E-state index in [1.165, 1.54) is 6.07 Å². The first-order chi connectivity index (χ1) is 14.8. The predicted octanol–water partition coefficient (Wildman–Crippen LogP) is 3.87. The van der Waals surface area contributed by atoms with Crippen LogP contribution in [-0.2, 0) is 20.9 Å². The Morgan fingerprint density at radius 3 is 2.35 bits per heavy atom. The fourth-order valence-electron chi connectivity index (χ4n) is 4.04. The van der Waals surface area contributed by atoms with E-state index in [2.05, 4.69) is 19.2 Å². The Kier molecular flexibility index (Phi) is 10.2. The smallest absolute Gasteiger partial charge is 0.222 e. The lowest BCUT2D eigenvalue weighted by Gasteiger charge is -2.37. The van der Waals surface area contributed by atoms with Crippen LogP contribution < -0.4 is 10.2 Å². The van der Waals surface area contributed by atoms with Crippen molar-refractivity contribution in [3.05, 3.63) is 29.6 Å². The van der Waals surface area contributed by atoms with Crippen LogP contribution in [0.5, 0.6) is 0 Å². The van der Waals surface area contributed by atoms with Crippen LogP contribution in [0.15, 0.2) is 18.2 Å². The number of hydrogen-bond acceptors (Lipinski definition) is 4. The lowest BCUT2D eigenvalue weighted by Crippen LogP contribution is -2.45. The first-order valence-corrected chi connectivity index (χ1v) is 11.6. The molecule has 0 aromatic heterocycles. The van der Waals surface area contributed by atoms with E-state index in [1.54, 1.807) is 6.07 Å². The number of carbonyl (C=O) groups is 2. The summed E-state index contributed by atoms with van der Waals surface area (Å²) in [7, 11) is 0. The number of nitrogens with zero attached hydrogens (tertiary/aromatic N) is 2. The molecule has 1 aliphatic heterocycles. The van der Waals surface area contributed by atoms with E-state index in [9.17, 15) is 14.0 Å². The largest absolute Gasteiger partial charge is 0.372 e. The van der Waals surface area contributed by atoms with Crippen LogP contribution in [0.3, 0.4) is 0 Å². The van der Waals surface area contributed by atoms with Crippen molar-refractivity contribution in [3.8, 4) is 0 Å². The second-order valence-electron chi connectivity index (χ2n) is 8.46. The fourth-order valence-corrected chi connectivity index (χ4v) is 4.04. The number of hydrogen-bond donors (Lipinski definition) is 1. The highest BCUT2D eigenvalue weighted by molar-refractivity contribution is 5.79. The fraction of sp³-hybridized carbons (Fsp3) is 0.667. The van der Waals surface area contributed by atoms with Crippen molar-refractivity contribution in [2.24, 2.45) is 0 Å². The molecule has 2 unspecified atom stereocenters. The molecule has 0 saturated carbocycles. The molecule has 2 atom stereocenters. The van der Waals surface area contributed by atoms with Crippen molar-refractivity contribution in [2.75, 3.05) is 31.1 Å². The van der Waals surface area contributed by atoms with Gasteiger partial charge in [-0.25, -0.2) is 4.39 Å². The Hall–Kier alpha value is -2.15. The van der Waals surface area contributed by atoms with Crippen molar-refractivity contribution < 1.29 is 18.7 Å². The van der Waals surface area contributed by atoms with E-state index in [1.807, 2.05) is 29.7 Å². The third-order valence-electron chi connectivity index (χ3n) is 5.40. The Morgan fingerprint density at radius 1 is 1.13 bits per heavy atom. The third kappa shape index (κ3) is 8.13. The molecule has 0 aliphatic carbocycles. The highest BCUT2D eigenvalue weighted by atomic mass is 19.1. The van der Waals surface area contributed by atoms with Crippen LogP contribution in [-0.4, -0.2) is 55.1 Å². The summed E-state index contributed by atoms with van der Waals surface area (Å²) in [5, 5.41) is 2.83. The van der Waals surface area contributed by atoms with Gasteiger partial charge in [0.15, 0.2) is 0 Å². The molecular weight excluding hydrogens is 397 g/mol. The molecule has 174 valence electrons. The molecule has 1 fully saturated rings. The van der Waals surface area contributed by atoms with Gasteiger partial charge in [-0.2, -0.15) is 0 Å². The minimum Gasteiger partial charge on any atom is -0.372 e. The lowest BCUT2D eigenvalue weighted by atomic mass is 10.1. The number of nitrogens with one attached hydrogen (secondary N) is 1. The Balaban J connectivity index is 1.78. The van der Waals surface area contributed by atoms with E-state index < -0.39 is 0 Å². The van der Waals surface area contributed by atoms with E-state index in [-0.39, 0.29) is 36.4 Å². The number of morpholine rings is 1. The lowest BCUT2D eigenvalue weighted by molar-refractivity contribution is -0.131. The summed E-state index contributed by atoms with van der Waals surface area (Å²) in [4.78, 5) is 28.3. The molecule has 0 bridgehead atoms. The predicted molar refractivity (Wildman–Crippen MR) is 121 cm³/mol. The van der Waals surface area contributed by atoms with E-state index in [0.717, 1.165) is 31.5 Å². The topological polar surface area (TPSA) is 61.9 Å². The van der Waals surface area contributed by atoms with Crippen molar-refractivity contribution in [1.29, 1.82) is 0 Å². The molecule has 7 heteroatoms. The van der Waals surface area contributed by atoms with Gasteiger partial charge in [0.25, 0.3) is 0 Å².